The van der Waals surface area contributed by atoms with E-state index in [2.05, 4.69) is 0 Å². The molecule has 0 spiro atoms. The second-order valence-corrected chi connectivity index (χ2v) is 4.12. The number of likely N-dealkylation sites (N-methyl/N-ethyl adjacent to an activating group) is 1. The maximum atomic E-state index is 11.4. The van der Waals surface area contributed by atoms with Crippen LogP contribution in [0.1, 0.15) is 5.56 Å². The fraction of sp³-hybridized carbons (Fsp3) is 0.417. The van der Waals surface area contributed by atoms with Crippen molar-refractivity contribution in [3.63, 3.8) is 0 Å². The van der Waals surface area contributed by atoms with Gasteiger partial charge in [-0.2, -0.15) is 0 Å². The van der Waals surface area contributed by atoms with Gasteiger partial charge >= 0.3 is 0 Å². The number of carbonyl (C=O) groups is 1. The summed E-state index contributed by atoms with van der Waals surface area (Å²) in [4.78, 5) is 13.2. The van der Waals surface area contributed by atoms with E-state index in [0.29, 0.717) is 6.61 Å². The summed E-state index contributed by atoms with van der Waals surface area (Å²) in [5.74, 6) is 0.0418. The minimum absolute atomic E-state index is 0.0418. The van der Waals surface area contributed by atoms with E-state index < -0.39 is 0 Å². The molecule has 4 nitrogen and oxygen atoms in total. The Morgan fingerprint density at radius 2 is 2.38 bits per heavy atom. The van der Waals surface area contributed by atoms with Gasteiger partial charge in [0.15, 0.2) is 0 Å². The molecule has 0 radical (unpaired) electrons. The topological polar surface area (TPSA) is 55.6 Å². The Balaban J connectivity index is 2.06. The standard InChI is InChI=1S/C12H16N2O2/c1-14-11(7-16-8-12(14)15)6-9-3-2-4-10(13)5-9/h2-5,11H,6-8,13H2,1H3. The first-order valence-corrected chi connectivity index (χ1v) is 5.34. The lowest BCUT2D eigenvalue weighted by molar-refractivity contribution is -0.145. The van der Waals surface area contributed by atoms with E-state index in [1.807, 2.05) is 31.3 Å². The van der Waals surface area contributed by atoms with Crippen molar-refractivity contribution < 1.29 is 9.53 Å². The molecule has 4 heteroatoms. The molecule has 1 heterocycles. The molecule has 0 aliphatic carbocycles. The van der Waals surface area contributed by atoms with E-state index in [-0.39, 0.29) is 18.6 Å². The van der Waals surface area contributed by atoms with E-state index in [4.69, 9.17) is 10.5 Å². The molecule has 0 aromatic heterocycles. The van der Waals surface area contributed by atoms with Gasteiger partial charge in [-0.1, -0.05) is 12.1 Å². The van der Waals surface area contributed by atoms with E-state index in [0.717, 1.165) is 17.7 Å². The smallest absolute Gasteiger partial charge is 0.248 e. The van der Waals surface area contributed by atoms with Crippen LogP contribution in [0, 0.1) is 0 Å². The average molecular weight is 220 g/mol. The zero-order valence-electron chi connectivity index (χ0n) is 9.35. The number of rotatable bonds is 2. The number of anilines is 1. The largest absolute Gasteiger partial charge is 0.399 e. The summed E-state index contributed by atoms with van der Waals surface area (Å²) in [6.07, 6.45) is 0.785. The molecular formula is C12H16N2O2. The molecule has 2 N–H and O–H groups in total. The van der Waals surface area contributed by atoms with Crippen molar-refractivity contribution in [1.82, 2.24) is 4.90 Å². The van der Waals surface area contributed by atoms with E-state index in [1.54, 1.807) is 4.90 Å². The van der Waals surface area contributed by atoms with Crippen LogP contribution in [0.5, 0.6) is 0 Å². The lowest BCUT2D eigenvalue weighted by Crippen LogP contribution is -2.47. The number of carbonyl (C=O) groups excluding carboxylic acids is 1. The highest BCUT2D eigenvalue weighted by atomic mass is 16.5. The number of nitrogens with two attached hydrogens (primary N) is 1. The molecule has 1 saturated heterocycles. The predicted octanol–water partition coefficient (Wildman–Crippen LogP) is 0.668. The number of morpholine rings is 1. The van der Waals surface area contributed by atoms with Crippen molar-refractivity contribution in [2.75, 3.05) is 26.0 Å². The van der Waals surface area contributed by atoms with Crippen molar-refractivity contribution in [1.29, 1.82) is 0 Å². The number of nitrogens with zero attached hydrogens (tertiary/aromatic N) is 1. The van der Waals surface area contributed by atoms with Gasteiger partial charge in [0.1, 0.15) is 6.61 Å². The van der Waals surface area contributed by atoms with Crippen LogP contribution in [0.2, 0.25) is 0 Å². The predicted molar refractivity (Wildman–Crippen MR) is 61.9 cm³/mol. The van der Waals surface area contributed by atoms with Crippen LogP contribution in [0.3, 0.4) is 0 Å². The minimum Gasteiger partial charge on any atom is -0.399 e. The lowest BCUT2D eigenvalue weighted by Gasteiger charge is -2.32. The number of nitrogen functional groups attached to an aromatic ring is 1. The van der Waals surface area contributed by atoms with Crippen LogP contribution < -0.4 is 5.73 Å². The van der Waals surface area contributed by atoms with Crippen LogP contribution >= 0.6 is 0 Å². The normalized spacial score (nSPS) is 21.2. The molecule has 16 heavy (non-hydrogen) atoms. The fourth-order valence-corrected chi connectivity index (χ4v) is 1.89. The Morgan fingerprint density at radius 1 is 1.56 bits per heavy atom. The van der Waals surface area contributed by atoms with Gasteiger partial charge in [0.05, 0.1) is 12.6 Å². The SMILES string of the molecule is CN1C(=O)COCC1Cc1cccc(N)c1. The Kier molecular flexibility index (Phi) is 3.10. The van der Waals surface area contributed by atoms with Gasteiger partial charge in [0.2, 0.25) is 5.91 Å². The zero-order chi connectivity index (χ0) is 11.5. The summed E-state index contributed by atoms with van der Waals surface area (Å²) in [5.41, 5.74) is 7.60. The van der Waals surface area contributed by atoms with Gasteiger partial charge in [0, 0.05) is 12.7 Å². The first kappa shape index (κ1) is 11.0. The van der Waals surface area contributed by atoms with Crippen molar-refractivity contribution in [2.45, 2.75) is 12.5 Å². The van der Waals surface area contributed by atoms with E-state index in [9.17, 15) is 4.79 Å². The summed E-state index contributed by atoms with van der Waals surface area (Å²) in [6.45, 7) is 0.793. The van der Waals surface area contributed by atoms with Crippen LogP contribution in [-0.2, 0) is 16.0 Å². The molecule has 1 atom stereocenters. The highest BCUT2D eigenvalue weighted by Gasteiger charge is 2.25. The summed E-state index contributed by atoms with van der Waals surface area (Å²) in [7, 11) is 1.82. The Labute approximate surface area is 95.0 Å². The number of hydrogen-bond donors (Lipinski definition) is 1. The highest BCUT2D eigenvalue weighted by molar-refractivity contribution is 5.78. The molecule has 1 aromatic rings. The number of amides is 1. The minimum atomic E-state index is 0.0418. The maximum absolute atomic E-state index is 11.4. The first-order valence-electron chi connectivity index (χ1n) is 5.34. The second kappa shape index (κ2) is 4.53. The van der Waals surface area contributed by atoms with Gasteiger partial charge in [-0.05, 0) is 24.1 Å². The van der Waals surface area contributed by atoms with Crippen molar-refractivity contribution in [3.05, 3.63) is 29.8 Å². The van der Waals surface area contributed by atoms with Crippen LogP contribution in [0.4, 0.5) is 5.69 Å². The Morgan fingerprint density at radius 3 is 3.12 bits per heavy atom. The quantitative estimate of drug-likeness (QED) is 0.745. The molecular weight excluding hydrogens is 204 g/mol. The van der Waals surface area contributed by atoms with Gasteiger partial charge < -0.3 is 15.4 Å². The Hall–Kier alpha value is -1.55. The third kappa shape index (κ3) is 2.33. The number of hydrogen-bond acceptors (Lipinski definition) is 3. The molecule has 0 bridgehead atoms. The van der Waals surface area contributed by atoms with Gasteiger partial charge in [-0.15, -0.1) is 0 Å². The first-order chi connectivity index (χ1) is 7.66. The number of ether oxygens (including phenoxy) is 1. The lowest BCUT2D eigenvalue weighted by atomic mass is 10.0. The molecule has 2 rings (SSSR count). The third-order valence-corrected chi connectivity index (χ3v) is 2.90. The average Bonchev–Trinajstić information content (AvgIpc) is 2.25. The summed E-state index contributed by atoms with van der Waals surface area (Å²) in [5, 5.41) is 0. The monoisotopic (exact) mass is 220 g/mol. The van der Waals surface area contributed by atoms with Gasteiger partial charge in [-0.3, -0.25) is 4.79 Å². The van der Waals surface area contributed by atoms with Gasteiger partial charge in [-0.25, -0.2) is 0 Å². The zero-order valence-corrected chi connectivity index (χ0v) is 9.35. The van der Waals surface area contributed by atoms with Crippen LogP contribution in [0.25, 0.3) is 0 Å². The molecule has 1 aliphatic heterocycles. The summed E-state index contributed by atoms with van der Waals surface area (Å²) < 4.78 is 5.24. The maximum Gasteiger partial charge on any atom is 0.248 e. The second-order valence-electron chi connectivity index (χ2n) is 4.12. The van der Waals surface area contributed by atoms with E-state index in [1.165, 1.54) is 0 Å². The molecule has 1 fully saturated rings. The summed E-state index contributed by atoms with van der Waals surface area (Å²) >= 11 is 0. The molecule has 86 valence electrons. The Bertz CT molecular complexity index is 392. The van der Waals surface area contributed by atoms with Crippen LogP contribution in [0.15, 0.2) is 24.3 Å². The van der Waals surface area contributed by atoms with E-state index >= 15 is 0 Å². The molecule has 1 aromatic carbocycles. The molecule has 1 aliphatic rings. The van der Waals surface area contributed by atoms with Gasteiger partial charge in [0.25, 0.3) is 0 Å². The van der Waals surface area contributed by atoms with Crippen molar-refractivity contribution >= 4 is 11.6 Å². The molecule has 1 amide bonds. The third-order valence-electron chi connectivity index (χ3n) is 2.90. The van der Waals surface area contributed by atoms with Crippen molar-refractivity contribution in [3.8, 4) is 0 Å². The molecule has 0 saturated carbocycles. The van der Waals surface area contributed by atoms with Crippen molar-refractivity contribution in [2.24, 2.45) is 0 Å². The van der Waals surface area contributed by atoms with Crippen LogP contribution in [-0.4, -0.2) is 37.1 Å². The summed E-state index contributed by atoms with van der Waals surface area (Å²) in [6, 6.07) is 7.85. The highest BCUT2D eigenvalue weighted by Crippen LogP contribution is 2.14. The number of benzene rings is 1. The fourth-order valence-electron chi connectivity index (χ4n) is 1.89. The molecule has 1 unspecified atom stereocenters.